The van der Waals surface area contributed by atoms with Crippen LogP contribution in [0.5, 0.6) is 0 Å². The number of rotatable bonds is 38. The molecule has 0 aliphatic carbocycles. The van der Waals surface area contributed by atoms with E-state index in [0.717, 1.165) is 57.8 Å². The van der Waals surface area contributed by atoms with Gasteiger partial charge in [0.05, 0.1) is 19.8 Å². The molecule has 3 N–H and O–H groups in total. The van der Waals surface area contributed by atoms with Gasteiger partial charge in [-0.05, 0) is 77.0 Å². The van der Waals surface area contributed by atoms with Crippen LogP contribution in [0.15, 0.2) is 48.6 Å². The Hall–Kier alpha value is -2.07. The number of allylic oxidation sites excluding steroid dienone is 8. The molecule has 308 valence electrons. The summed E-state index contributed by atoms with van der Waals surface area (Å²) in [5, 5.41) is 18.3. The molecule has 0 aliphatic heterocycles. The minimum atomic E-state index is -4.62. The van der Waals surface area contributed by atoms with Crippen molar-refractivity contribution >= 4 is 19.8 Å². The van der Waals surface area contributed by atoms with Crippen LogP contribution >= 0.6 is 7.82 Å². The molecule has 0 aromatic carbocycles. The van der Waals surface area contributed by atoms with Gasteiger partial charge in [-0.3, -0.25) is 18.6 Å². The number of hydrogen-bond acceptors (Lipinski definition) is 9. The Morgan fingerprint density at radius 3 is 1.57 bits per heavy atom. The zero-order chi connectivity index (χ0) is 39.1. The van der Waals surface area contributed by atoms with Crippen molar-refractivity contribution in [3.05, 3.63) is 48.6 Å². The van der Waals surface area contributed by atoms with Gasteiger partial charge in [0.15, 0.2) is 6.10 Å². The predicted octanol–water partition coefficient (Wildman–Crippen LogP) is 10.6. The molecule has 0 saturated carbocycles. The SMILES string of the molecule is CCCCCC=CCC=CCC=CCCCCC(=O)OCC(COP(=O)(O)OCC(O)CO)OC(=O)CCCCCCCCCC=CCCCCCC. The molecule has 0 aliphatic rings. The number of esters is 2. The van der Waals surface area contributed by atoms with Gasteiger partial charge in [0, 0.05) is 12.8 Å². The van der Waals surface area contributed by atoms with Crippen LogP contribution in [0.3, 0.4) is 0 Å². The summed E-state index contributed by atoms with van der Waals surface area (Å²) in [5.74, 6) is -0.977. The Kier molecular flexibility index (Phi) is 36.7. The molecule has 0 saturated heterocycles. The molecule has 0 radical (unpaired) electrons. The second-order valence-corrected chi connectivity index (χ2v) is 15.1. The number of phosphoric acid groups is 1. The van der Waals surface area contributed by atoms with E-state index in [-0.39, 0.29) is 19.4 Å². The summed E-state index contributed by atoms with van der Waals surface area (Å²) in [4.78, 5) is 34.9. The summed E-state index contributed by atoms with van der Waals surface area (Å²) in [6.07, 6.45) is 39.3. The Bertz CT molecular complexity index is 1030. The van der Waals surface area contributed by atoms with Crippen molar-refractivity contribution in [1.29, 1.82) is 0 Å². The number of hydrogen-bond donors (Lipinski definition) is 3. The minimum Gasteiger partial charge on any atom is -0.462 e. The maximum Gasteiger partial charge on any atom is 0.472 e. The lowest BCUT2D eigenvalue weighted by atomic mass is 10.1. The average molecular weight is 771 g/mol. The van der Waals surface area contributed by atoms with Crippen molar-refractivity contribution < 1.29 is 47.8 Å². The van der Waals surface area contributed by atoms with Gasteiger partial charge in [-0.15, -0.1) is 0 Å². The van der Waals surface area contributed by atoms with E-state index < -0.39 is 51.8 Å². The molecule has 53 heavy (non-hydrogen) atoms. The number of carbonyl (C=O) groups excluding carboxylic acids is 2. The molecular weight excluding hydrogens is 695 g/mol. The van der Waals surface area contributed by atoms with Crippen LogP contribution in [0.2, 0.25) is 0 Å². The molecule has 0 fully saturated rings. The molecule has 0 rings (SSSR count). The molecule has 0 aromatic heterocycles. The van der Waals surface area contributed by atoms with Crippen LogP contribution < -0.4 is 0 Å². The summed E-state index contributed by atoms with van der Waals surface area (Å²) in [7, 11) is -4.62. The first-order valence-electron chi connectivity index (χ1n) is 20.6. The topological polar surface area (TPSA) is 149 Å². The number of ether oxygens (including phenoxy) is 2. The van der Waals surface area contributed by atoms with Gasteiger partial charge >= 0.3 is 19.8 Å². The summed E-state index contributed by atoms with van der Waals surface area (Å²) in [5.41, 5.74) is 0. The van der Waals surface area contributed by atoms with Gasteiger partial charge in [0.25, 0.3) is 0 Å². The van der Waals surface area contributed by atoms with Crippen LogP contribution in [0, 0.1) is 0 Å². The molecule has 0 spiro atoms. The third-order valence-electron chi connectivity index (χ3n) is 8.46. The van der Waals surface area contributed by atoms with E-state index >= 15 is 0 Å². The van der Waals surface area contributed by atoms with Crippen molar-refractivity contribution in [1.82, 2.24) is 0 Å². The largest absolute Gasteiger partial charge is 0.472 e. The lowest BCUT2D eigenvalue weighted by Crippen LogP contribution is -2.29. The Morgan fingerprint density at radius 1 is 0.566 bits per heavy atom. The normalized spacial score (nSPS) is 14.4. The number of aliphatic hydroxyl groups is 2. The molecule has 3 atom stereocenters. The third-order valence-corrected chi connectivity index (χ3v) is 9.41. The molecular formula is C42H75O10P. The molecule has 11 heteroatoms. The van der Waals surface area contributed by atoms with Crippen LogP contribution in [-0.4, -0.2) is 65.7 Å². The van der Waals surface area contributed by atoms with Crippen molar-refractivity contribution in [3.63, 3.8) is 0 Å². The van der Waals surface area contributed by atoms with E-state index in [4.69, 9.17) is 19.1 Å². The Morgan fingerprint density at radius 2 is 0.981 bits per heavy atom. The number of phosphoric ester groups is 1. The predicted molar refractivity (Wildman–Crippen MR) is 214 cm³/mol. The standard InChI is InChI=1S/C42H75O10P/c1-3-5-7-9-11-13-15-17-19-21-23-25-27-29-31-33-41(45)49-37-40(38-51-53(47,48)50-36-39(44)35-43)52-42(46)34-32-30-28-26-24-22-20-18-16-14-12-10-8-6-4-2/h11,13-14,16-17,19,23,25,39-40,43-44H,3-10,12,15,18,20-22,24,26-38H2,1-2H3,(H,47,48). The molecule has 3 unspecified atom stereocenters. The second kappa shape index (κ2) is 38.2. The lowest BCUT2D eigenvalue weighted by molar-refractivity contribution is -0.161. The average Bonchev–Trinajstić information content (AvgIpc) is 3.14. The van der Waals surface area contributed by atoms with E-state index in [9.17, 15) is 24.2 Å². The fourth-order valence-electron chi connectivity index (χ4n) is 5.23. The van der Waals surface area contributed by atoms with E-state index in [1.165, 1.54) is 70.6 Å². The molecule has 10 nitrogen and oxygen atoms in total. The fraction of sp³-hybridized carbons (Fsp3) is 0.762. The molecule has 0 amide bonds. The summed E-state index contributed by atoms with van der Waals surface area (Å²) in [6, 6.07) is 0. The van der Waals surface area contributed by atoms with Crippen LogP contribution in [0.25, 0.3) is 0 Å². The highest BCUT2D eigenvalue weighted by molar-refractivity contribution is 7.47. The van der Waals surface area contributed by atoms with Crippen LogP contribution in [0.4, 0.5) is 0 Å². The maximum atomic E-state index is 12.6. The van der Waals surface area contributed by atoms with Crippen LogP contribution in [-0.2, 0) is 32.7 Å². The van der Waals surface area contributed by atoms with Crippen LogP contribution in [0.1, 0.15) is 168 Å². The van der Waals surface area contributed by atoms with Gasteiger partial charge in [-0.1, -0.05) is 127 Å². The summed E-state index contributed by atoms with van der Waals surface area (Å²) >= 11 is 0. The van der Waals surface area contributed by atoms with E-state index in [0.29, 0.717) is 12.8 Å². The first-order chi connectivity index (χ1) is 25.7. The van der Waals surface area contributed by atoms with E-state index in [1.807, 2.05) is 0 Å². The minimum absolute atomic E-state index is 0.170. The van der Waals surface area contributed by atoms with Gasteiger partial charge in [0.1, 0.15) is 12.7 Å². The number of aliphatic hydroxyl groups excluding tert-OH is 2. The second-order valence-electron chi connectivity index (χ2n) is 13.7. The summed E-state index contributed by atoms with van der Waals surface area (Å²) < 4.78 is 32.6. The molecule has 0 aromatic rings. The fourth-order valence-corrected chi connectivity index (χ4v) is 6.02. The van der Waals surface area contributed by atoms with Gasteiger partial charge in [-0.2, -0.15) is 0 Å². The van der Waals surface area contributed by atoms with Crippen molar-refractivity contribution in [2.24, 2.45) is 0 Å². The smallest absolute Gasteiger partial charge is 0.462 e. The Balaban J connectivity index is 4.41. The van der Waals surface area contributed by atoms with Gasteiger partial charge in [0.2, 0.25) is 0 Å². The first kappa shape index (κ1) is 50.9. The zero-order valence-corrected chi connectivity index (χ0v) is 34.1. The highest BCUT2D eigenvalue weighted by atomic mass is 31.2. The first-order valence-corrected chi connectivity index (χ1v) is 22.1. The zero-order valence-electron chi connectivity index (χ0n) is 33.2. The third kappa shape index (κ3) is 38.0. The van der Waals surface area contributed by atoms with E-state index in [1.54, 1.807) is 0 Å². The van der Waals surface area contributed by atoms with E-state index in [2.05, 4.69) is 67.0 Å². The van der Waals surface area contributed by atoms with Crippen molar-refractivity contribution in [3.8, 4) is 0 Å². The number of carbonyl (C=O) groups is 2. The highest BCUT2D eigenvalue weighted by Gasteiger charge is 2.27. The Labute approximate surface area is 322 Å². The van der Waals surface area contributed by atoms with Gasteiger partial charge in [-0.25, -0.2) is 4.57 Å². The van der Waals surface area contributed by atoms with Gasteiger partial charge < -0.3 is 24.6 Å². The van der Waals surface area contributed by atoms with Crippen molar-refractivity contribution in [2.75, 3.05) is 26.4 Å². The monoisotopic (exact) mass is 771 g/mol. The quantitative estimate of drug-likeness (QED) is 0.0240. The summed E-state index contributed by atoms with van der Waals surface area (Å²) in [6.45, 7) is 2.28. The molecule has 0 bridgehead atoms. The van der Waals surface area contributed by atoms with Crippen molar-refractivity contribution in [2.45, 2.75) is 180 Å². The molecule has 0 heterocycles. The lowest BCUT2D eigenvalue weighted by Gasteiger charge is -2.20. The highest BCUT2D eigenvalue weighted by Crippen LogP contribution is 2.43. The number of unbranched alkanes of at least 4 members (excludes halogenated alkanes) is 16. The maximum absolute atomic E-state index is 12.6.